The smallest absolute Gasteiger partial charge is 0.126 e. The van der Waals surface area contributed by atoms with E-state index in [9.17, 15) is 8.78 Å². The zero-order valence-electron chi connectivity index (χ0n) is 9.78. The molecule has 2 nitrogen and oxygen atoms in total. The zero-order valence-corrected chi connectivity index (χ0v) is 9.78. The molecule has 1 N–H and O–H groups in total. The van der Waals surface area contributed by atoms with Crippen molar-refractivity contribution < 1.29 is 18.6 Å². The van der Waals surface area contributed by atoms with Gasteiger partial charge in [0.1, 0.15) is 17.4 Å². The maximum atomic E-state index is 13.2. The first kappa shape index (κ1) is 12.5. The average molecular weight is 250 g/mol. The van der Waals surface area contributed by atoms with Crippen molar-refractivity contribution in [3.05, 3.63) is 53.6 Å². The van der Waals surface area contributed by atoms with E-state index in [0.29, 0.717) is 22.4 Å². The molecule has 0 heterocycles. The highest BCUT2D eigenvalue weighted by Crippen LogP contribution is 2.31. The molecule has 0 unspecified atom stereocenters. The summed E-state index contributed by atoms with van der Waals surface area (Å²) in [7, 11) is 1.48. The molecule has 2 rings (SSSR count). The van der Waals surface area contributed by atoms with Gasteiger partial charge in [0.05, 0.1) is 13.7 Å². The van der Waals surface area contributed by atoms with Crippen LogP contribution >= 0.6 is 0 Å². The SMILES string of the molecule is COc1ccc(CO)cc1-c1cc(F)cc(F)c1. The summed E-state index contributed by atoms with van der Waals surface area (Å²) in [4.78, 5) is 0. The van der Waals surface area contributed by atoms with Crippen molar-refractivity contribution in [2.75, 3.05) is 7.11 Å². The molecule has 0 spiro atoms. The van der Waals surface area contributed by atoms with Gasteiger partial charge in [-0.3, -0.25) is 0 Å². The van der Waals surface area contributed by atoms with Crippen LogP contribution in [0.5, 0.6) is 5.75 Å². The third-order valence-corrected chi connectivity index (χ3v) is 2.62. The molecule has 2 aromatic rings. The topological polar surface area (TPSA) is 29.5 Å². The Hall–Kier alpha value is -1.94. The number of methoxy groups -OCH3 is 1. The first-order valence-electron chi connectivity index (χ1n) is 5.38. The number of halogens is 2. The van der Waals surface area contributed by atoms with Gasteiger partial charge >= 0.3 is 0 Å². The number of aliphatic hydroxyl groups excluding tert-OH is 1. The lowest BCUT2D eigenvalue weighted by Gasteiger charge is -2.10. The largest absolute Gasteiger partial charge is 0.496 e. The number of aliphatic hydroxyl groups is 1. The molecule has 0 bridgehead atoms. The van der Waals surface area contributed by atoms with E-state index < -0.39 is 11.6 Å². The summed E-state index contributed by atoms with van der Waals surface area (Å²) in [6.07, 6.45) is 0. The molecule has 0 radical (unpaired) electrons. The lowest BCUT2D eigenvalue weighted by molar-refractivity contribution is 0.281. The van der Waals surface area contributed by atoms with E-state index in [2.05, 4.69) is 0 Å². The molecular weight excluding hydrogens is 238 g/mol. The molecular formula is C14H12F2O2. The molecule has 4 heteroatoms. The molecule has 18 heavy (non-hydrogen) atoms. The number of hydrogen-bond donors (Lipinski definition) is 1. The summed E-state index contributed by atoms with van der Waals surface area (Å²) in [5.74, 6) is -0.805. The molecule has 0 amide bonds. The lowest BCUT2D eigenvalue weighted by atomic mass is 10.0. The summed E-state index contributed by atoms with van der Waals surface area (Å²) in [5, 5.41) is 9.09. The van der Waals surface area contributed by atoms with Crippen LogP contribution < -0.4 is 4.74 Å². The number of benzene rings is 2. The van der Waals surface area contributed by atoms with Gasteiger partial charge in [0.2, 0.25) is 0 Å². The molecule has 0 aliphatic rings. The van der Waals surface area contributed by atoms with Gasteiger partial charge < -0.3 is 9.84 Å². The summed E-state index contributed by atoms with van der Waals surface area (Å²) >= 11 is 0. The number of rotatable bonds is 3. The zero-order chi connectivity index (χ0) is 13.1. The number of hydrogen-bond acceptors (Lipinski definition) is 2. The van der Waals surface area contributed by atoms with Gasteiger partial charge in [-0.2, -0.15) is 0 Å². The standard InChI is InChI=1S/C14H12F2O2/c1-18-14-3-2-9(8-17)4-13(14)10-5-11(15)7-12(16)6-10/h2-7,17H,8H2,1H3. The molecule has 0 saturated heterocycles. The minimum atomic E-state index is -0.651. The maximum Gasteiger partial charge on any atom is 0.126 e. The van der Waals surface area contributed by atoms with Gasteiger partial charge in [-0.05, 0) is 35.4 Å². The van der Waals surface area contributed by atoms with Gasteiger partial charge in [0.25, 0.3) is 0 Å². The molecule has 0 saturated carbocycles. The van der Waals surface area contributed by atoms with E-state index in [1.807, 2.05) is 0 Å². The monoisotopic (exact) mass is 250 g/mol. The highest BCUT2D eigenvalue weighted by Gasteiger charge is 2.09. The van der Waals surface area contributed by atoms with Crippen LogP contribution in [0.25, 0.3) is 11.1 Å². The Morgan fingerprint density at radius 3 is 2.28 bits per heavy atom. The second kappa shape index (κ2) is 5.14. The third-order valence-electron chi connectivity index (χ3n) is 2.62. The van der Waals surface area contributed by atoms with Gasteiger partial charge in [0.15, 0.2) is 0 Å². The fourth-order valence-electron chi connectivity index (χ4n) is 1.79. The Labute approximate surface area is 103 Å². The van der Waals surface area contributed by atoms with Crippen LogP contribution in [0.4, 0.5) is 8.78 Å². The molecule has 0 atom stereocenters. The van der Waals surface area contributed by atoms with Gasteiger partial charge in [0, 0.05) is 11.6 Å². The normalized spacial score (nSPS) is 10.4. The van der Waals surface area contributed by atoms with E-state index in [0.717, 1.165) is 6.07 Å². The molecule has 0 aliphatic carbocycles. The average Bonchev–Trinajstić information content (AvgIpc) is 2.36. The van der Waals surface area contributed by atoms with Crippen molar-refractivity contribution in [1.82, 2.24) is 0 Å². The van der Waals surface area contributed by atoms with E-state index in [1.165, 1.54) is 19.2 Å². The van der Waals surface area contributed by atoms with Crippen molar-refractivity contribution >= 4 is 0 Å². The molecule has 0 aromatic heterocycles. The van der Waals surface area contributed by atoms with E-state index >= 15 is 0 Å². The maximum absolute atomic E-state index is 13.2. The van der Waals surface area contributed by atoms with E-state index in [1.54, 1.807) is 18.2 Å². The van der Waals surface area contributed by atoms with Crippen molar-refractivity contribution in [1.29, 1.82) is 0 Å². The Bertz CT molecular complexity index is 547. The first-order valence-corrected chi connectivity index (χ1v) is 5.38. The Balaban J connectivity index is 2.60. The summed E-state index contributed by atoms with van der Waals surface area (Å²) in [6, 6.07) is 8.25. The number of ether oxygens (including phenoxy) is 1. The summed E-state index contributed by atoms with van der Waals surface area (Å²) in [5.41, 5.74) is 1.57. The van der Waals surface area contributed by atoms with Crippen molar-refractivity contribution in [2.24, 2.45) is 0 Å². The Morgan fingerprint density at radius 2 is 1.72 bits per heavy atom. The second-order valence-corrected chi connectivity index (χ2v) is 3.85. The lowest BCUT2D eigenvalue weighted by Crippen LogP contribution is -1.92. The second-order valence-electron chi connectivity index (χ2n) is 3.85. The summed E-state index contributed by atoms with van der Waals surface area (Å²) < 4.78 is 31.6. The van der Waals surface area contributed by atoms with Gasteiger partial charge in [-0.1, -0.05) is 6.07 Å². The van der Waals surface area contributed by atoms with E-state index in [4.69, 9.17) is 9.84 Å². The minimum absolute atomic E-state index is 0.144. The Kier molecular flexibility index (Phi) is 3.58. The van der Waals surface area contributed by atoms with Crippen LogP contribution in [0, 0.1) is 11.6 Å². The molecule has 0 fully saturated rings. The quantitative estimate of drug-likeness (QED) is 0.906. The van der Waals surface area contributed by atoms with Crippen molar-refractivity contribution in [3.8, 4) is 16.9 Å². The highest BCUT2D eigenvalue weighted by atomic mass is 19.1. The van der Waals surface area contributed by atoms with Gasteiger partial charge in [-0.15, -0.1) is 0 Å². The predicted molar refractivity (Wildman–Crippen MR) is 64.3 cm³/mol. The van der Waals surface area contributed by atoms with Crippen LogP contribution in [0.15, 0.2) is 36.4 Å². The molecule has 0 aliphatic heterocycles. The predicted octanol–water partition coefficient (Wildman–Crippen LogP) is 3.13. The van der Waals surface area contributed by atoms with Crippen LogP contribution in [0.2, 0.25) is 0 Å². The van der Waals surface area contributed by atoms with Crippen molar-refractivity contribution in [2.45, 2.75) is 6.61 Å². The van der Waals surface area contributed by atoms with E-state index in [-0.39, 0.29) is 6.61 Å². The highest BCUT2D eigenvalue weighted by molar-refractivity contribution is 5.71. The van der Waals surface area contributed by atoms with Crippen LogP contribution in [-0.4, -0.2) is 12.2 Å². The third kappa shape index (κ3) is 2.49. The van der Waals surface area contributed by atoms with Crippen LogP contribution in [0.3, 0.4) is 0 Å². The van der Waals surface area contributed by atoms with Gasteiger partial charge in [-0.25, -0.2) is 8.78 Å². The summed E-state index contributed by atoms with van der Waals surface area (Å²) in [6.45, 7) is -0.144. The fourth-order valence-corrected chi connectivity index (χ4v) is 1.79. The fraction of sp³-hybridized carbons (Fsp3) is 0.143. The molecule has 2 aromatic carbocycles. The minimum Gasteiger partial charge on any atom is -0.496 e. The van der Waals surface area contributed by atoms with Crippen molar-refractivity contribution in [3.63, 3.8) is 0 Å². The van der Waals surface area contributed by atoms with Crippen LogP contribution in [0.1, 0.15) is 5.56 Å². The Morgan fingerprint density at radius 1 is 1.06 bits per heavy atom. The first-order chi connectivity index (χ1) is 8.63. The van der Waals surface area contributed by atoms with Crippen LogP contribution in [-0.2, 0) is 6.61 Å². The molecule has 94 valence electrons.